The highest BCUT2D eigenvalue weighted by Crippen LogP contribution is 2.45. The highest BCUT2D eigenvalue weighted by molar-refractivity contribution is 6.18. The summed E-state index contributed by atoms with van der Waals surface area (Å²) >= 11 is 0. The Hall–Kier alpha value is -3.08. The van der Waals surface area contributed by atoms with E-state index < -0.39 is 0 Å². The number of fused-ring (bicyclic) bond motifs is 3. The van der Waals surface area contributed by atoms with Gasteiger partial charge in [-0.15, -0.1) is 0 Å². The van der Waals surface area contributed by atoms with E-state index in [2.05, 4.69) is 29.4 Å². The molecule has 2 atom stereocenters. The molecule has 3 aromatic rings. The lowest BCUT2D eigenvalue weighted by molar-refractivity contribution is 0.349. The van der Waals surface area contributed by atoms with E-state index in [1.165, 1.54) is 18.4 Å². The second-order valence-corrected chi connectivity index (χ2v) is 8.06. The Labute approximate surface area is 176 Å². The Morgan fingerprint density at radius 1 is 0.967 bits per heavy atom. The molecular formula is C25H26N2O3. The van der Waals surface area contributed by atoms with Gasteiger partial charge in [0.2, 0.25) is 0 Å². The van der Waals surface area contributed by atoms with Gasteiger partial charge in [0.05, 0.1) is 31.5 Å². The largest absolute Gasteiger partial charge is 0.493 e. The third-order valence-electron chi connectivity index (χ3n) is 6.38. The molecule has 0 spiro atoms. The van der Waals surface area contributed by atoms with Gasteiger partial charge in [-0.05, 0) is 37.5 Å². The molecule has 1 saturated carbocycles. The van der Waals surface area contributed by atoms with Gasteiger partial charge in [-0.1, -0.05) is 48.3 Å². The van der Waals surface area contributed by atoms with Gasteiger partial charge >= 0.3 is 0 Å². The Kier molecular flexibility index (Phi) is 4.81. The number of aromatic nitrogens is 1. The van der Waals surface area contributed by atoms with Crippen molar-refractivity contribution in [2.24, 2.45) is 4.99 Å². The number of methoxy groups -OCH3 is 2. The van der Waals surface area contributed by atoms with Gasteiger partial charge in [0.1, 0.15) is 11.5 Å². The van der Waals surface area contributed by atoms with Gasteiger partial charge in [0, 0.05) is 17.0 Å². The Balaban J connectivity index is 1.74. The number of benzene rings is 2. The van der Waals surface area contributed by atoms with E-state index in [1.807, 2.05) is 25.1 Å². The third kappa shape index (κ3) is 3.00. The average Bonchev–Trinajstić information content (AvgIpc) is 3.19. The summed E-state index contributed by atoms with van der Waals surface area (Å²) < 4.78 is 16.9. The molecule has 5 heteroatoms. The lowest BCUT2D eigenvalue weighted by atomic mass is 9.74. The molecule has 30 heavy (non-hydrogen) atoms. The van der Waals surface area contributed by atoms with Gasteiger partial charge in [-0.25, -0.2) is 0 Å². The third-order valence-corrected chi connectivity index (χ3v) is 6.38. The average molecular weight is 402 g/mol. The number of ether oxygens (including phenoxy) is 2. The van der Waals surface area contributed by atoms with Gasteiger partial charge in [0.25, 0.3) is 0 Å². The van der Waals surface area contributed by atoms with Gasteiger partial charge in [-0.3, -0.25) is 4.99 Å². The lowest BCUT2D eigenvalue weighted by Gasteiger charge is -2.35. The van der Waals surface area contributed by atoms with Crippen molar-refractivity contribution in [1.82, 2.24) is 5.16 Å². The molecule has 2 unspecified atom stereocenters. The van der Waals surface area contributed by atoms with Crippen LogP contribution in [0.4, 0.5) is 0 Å². The minimum Gasteiger partial charge on any atom is -0.493 e. The molecule has 5 rings (SSSR count). The predicted octanol–water partition coefficient (Wildman–Crippen LogP) is 5.54. The Morgan fingerprint density at radius 3 is 2.47 bits per heavy atom. The molecule has 1 aliphatic heterocycles. The summed E-state index contributed by atoms with van der Waals surface area (Å²) in [5, 5.41) is 4.40. The molecule has 0 amide bonds. The molecule has 2 heterocycles. The van der Waals surface area contributed by atoms with Crippen LogP contribution in [0.3, 0.4) is 0 Å². The SMILES string of the molecule is COc1cc2c(cc1OC)C1CCCCC1N=C2c1c(-c2ccccc2)noc1C. The van der Waals surface area contributed by atoms with Crippen molar-refractivity contribution >= 4 is 5.71 Å². The monoisotopic (exact) mass is 402 g/mol. The van der Waals surface area contributed by atoms with E-state index in [4.69, 9.17) is 19.0 Å². The summed E-state index contributed by atoms with van der Waals surface area (Å²) in [6, 6.07) is 14.7. The van der Waals surface area contributed by atoms with E-state index in [9.17, 15) is 0 Å². The van der Waals surface area contributed by atoms with Crippen molar-refractivity contribution in [2.75, 3.05) is 14.2 Å². The Bertz CT molecular complexity index is 1100. The zero-order valence-corrected chi connectivity index (χ0v) is 17.6. The topological polar surface area (TPSA) is 56.9 Å². The van der Waals surface area contributed by atoms with E-state index in [-0.39, 0.29) is 6.04 Å². The van der Waals surface area contributed by atoms with Crippen LogP contribution in [0, 0.1) is 6.92 Å². The first-order chi connectivity index (χ1) is 14.7. The number of hydrogen-bond acceptors (Lipinski definition) is 5. The summed E-state index contributed by atoms with van der Waals surface area (Å²) in [4.78, 5) is 5.29. The normalized spacial score (nSPS) is 20.2. The Morgan fingerprint density at radius 2 is 1.70 bits per heavy atom. The molecule has 2 aliphatic rings. The number of hydrogen-bond donors (Lipinski definition) is 0. The highest BCUT2D eigenvalue weighted by atomic mass is 16.5. The van der Waals surface area contributed by atoms with Crippen LogP contribution in [0.5, 0.6) is 11.5 Å². The fraction of sp³-hybridized carbons (Fsp3) is 0.360. The van der Waals surface area contributed by atoms with Gasteiger partial charge in [0.15, 0.2) is 11.5 Å². The second-order valence-electron chi connectivity index (χ2n) is 8.06. The molecule has 0 saturated heterocycles. The van der Waals surface area contributed by atoms with Crippen LogP contribution in [0.15, 0.2) is 52.0 Å². The fourth-order valence-corrected chi connectivity index (χ4v) is 4.91. The maximum Gasteiger partial charge on any atom is 0.161 e. The van der Waals surface area contributed by atoms with Crippen molar-refractivity contribution in [3.63, 3.8) is 0 Å². The summed E-state index contributed by atoms with van der Waals surface area (Å²) in [6.07, 6.45) is 4.71. The first-order valence-electron chi connectivity index (χ1n) is 10.6. The van der Waals surface area contributed by atoms with Gasteiger partial charge in [-0.2, -0.15) is 0 Å². The predicted molar refractivity (Wildman–Crippen MR) is 117 cm³/mol. The first kappa shape index (κ1) is 18.9. The summed E-state index contributed by atoms with van der Waals surface area (Å²) in [6.45, 7) is 1.96. The molecule has 154 valence electrons. The van der Waals surface area contributed by atoms with E-state index in [0.29, 0.717) is 11.7 Å². The number of aliphatic imine (C=N–C) groups is 1. The molecule has 1 fully saturated rings. The number of rotatable bonds is 4. The molecule has 0 radical (unpaired) electrons. The maximum atomic E-state index is 5.67. The zero-order valence-electron chi connectivity index (χ0n) is 17.6. The molecule has 1 aliphatic carbocycles. The molecular weight excluding hydrogens is 376 g/mol. The van der Waals surface area contributed by atoms with E-state index >= 15 is 0 Å². The van der Waals surface area contributed by atoms with Crippen LogP contribution < -0.4 is 9.47 Å². The summed E-state index contributed by atoms with van der Waals surface area (Å²) in [5.41, 5.74) is 6.17. The van der Waals surface area contributed by atoms with Crippen LogP contribution in [-0.2, 0) is 0 Å². The molecule has 1 aromatic heterocycles. The quantitative estimate of drug-likeness (QED) is 0.575. The van der Waals surface area contributed by atoms with Crippen molar-refractivity contribution in [3.8, 4) is 22.8 Å². The molecule has 0 N–H and O–H groups in total. The smallest absolute Gasteiger partial charge is 0.161 e. The number of aryl methyl sites for hydroxylation is 1. The van der Waals surface area contributed by atoms with Crippen molar-refractivity contribution in [3.05, 3.63) is 64.9 Å². The second kappa shape index (κ2) is 7.63. The summed E-state index contributed by atoms with van der Waals surface area (Å²) in [7, 11) is 3.37. The van der Waals surface area contributed by atoms with E-state index in [0.717, 1.165) is 52.4 Å². The van der Waals surface area contributed by atoms with Crippen molar-refractivity contribution in [2.45, 2.75) is 44.6 Å². The van der Waals surface area contributed by atoms with Crippen LogP contribution in [-0.4, -0.2) is 31.1 Å². The fourth-order valence-electron chi connectivity index (χ4n) is 4.91. The highest BCUT2D eigenvalue weighted by Gasteiger charge is 2.36. The van der Waals surface area contributed by atoms with Crippen LogP contribution in [0.1, 0.15) is 54.1 Å². The molecule has 5 nitrogen and oxygen atoms in total. The molecule has 2 aromatic carbocycles. The first-order valence-corrected chi connectivity index (χ1v) is 10.6. The zero-order chi connectivity index (χ0) is 20.7. The minimum atomic E-state index is 0.275. The standard InChI is InChI=1S/C25H26N2O3/c1-15-23(24(27-30-15)16-9-5-4-6-10-16)25-19-14-22(29-3)21(28-2)13-18(19)17-11-7-8-12-20(17)26-25/h4-6,9-10,13-14,17,20H,7-8,11-12H2,1-3H3. The summed E-state index contributed by atoms with van der Waals surface area (Å²) in [5.74, 6) is 2.68. The maximum absolute atomic E-state index is 5.67. The van der Waals surface area contributed by atoms with Crippen LogP contribution in [0.25, 0.3) is 11.3 Å². The van der Waals surface area contributed by atoms with E-state index in [1.54, 1.807) is 14.2 Å². The van der Waals surface area contributed by atoms with Crippen molar-refractivity contribution in [1.29, 1.82) is 0 Å². The minimum absolute atomic E-state index is 0.275. The molecule has 0 bridgehead atoms. The number of nitrogens with zero attached hydrogens (tertiary/aromatic N) is 2. The van der Waals surface area contributed by atoms with Crippen LogP contribution in [0.2, 0.25) is 0 Å². The van der Waals surface area contributed by atoms with Gasteiger partial charge < -0.3 is 14.0 Å². The van der Waals surface area contributed by atoms with Crippen LogP contribution >= 0.6 is 0 Å². The lowest BCUT2D eigenvalue weighted by Crippen LogP contribution is -2.30. The van der Waals surface area contributed by atoms with Crippen molar-refractivity contribution < 1.29 is 14.0 Å².